The zero-order chi connectivity index (χ0) is 17.5. The van der Waals surface area contributed by atoms with Crippen molar-refractivity contribution in [3.05, 3.63) is 23.8 Å². The van der Waals surface area contributed by atoms with Gasteiger partial charge in [-0.2, -0.15) is 0 Å². The molecule has 128 valence electrons. The molecule has 8 heteroatoms. The van der Waals surface area contributed by atoms with E-state index >= 15 is 0 Å². The van der Waals surface area contributed by atoms with Crippen LogP contribution in [-0.2, 0) is 19.6 Å². The fourth-order valence-corrected chi connectivity index (χ4v) is 1.39. The van der Waals surface area contributed by atoms with E-state index in [9.17, 15) is 9.59 Å². The lowest BCUT2D eigenvalue weighted by atomic mass is 9.99. The van der Waals surface area contributed by atoms with Crippen LogP contribution < -0.4 is 9.47 Å². The van der Waals surface area contributed by atoms with Gasteiger partial charge in [0, 0.05) is 0 Å². The number of methoxy groups -OCH3 is 2. The number of rotatable bonds is 6. The Morgan fingerprint density at radius 2 is 1.74 bits per heavy atom. The summed E-state index contributed by atoms with van der Waals surface area (Å²) in [6.45, 7) is 5.73. The van der Waals surface area contributed by atoms with Gasteiger partial charge in [0.2, 0.25) is 0 Å². The summed E-state index contributed by atoms with van der Waals surface area (Å²) in [4.78, 5) is 31.7. The highest BCUT2D eigenvalue weighted by Crippen LogP contribution is 2.24. The highest BCUT2D eigenvalue weighted by atomic mass is 17.5. The number of hydrogen-bond acceptors (Lipinski definition) is 8. The second-order valence-corrected chi connectivity index (χ2v) is 5.69. The normalized spacial score (nSPS) is 10.7. The number of benzene rings is 1. The minimum Gasteiger partial charge on any atom is -0.497 e. The van der Waals surface area contributed by atoms with Crippen molar-refractivity contribution >= 4 is 12.1 Å². The van der Waals surface area contributed by atoms with Crippen LogP contribution in [0.4, 0.5) is 4.79 Å². The van der Waals surface area contributed by atoms with Crippen molar-refractivity contribution in [1.29, 1.82) is 0 Å². The molecule has 0 N–H and O–H groups in total. The maximum Gasteiger partial charge on any atom is 0.543 e. The van der Waals surface area contributed by atoms with Crippen molar-refractivity contribution in [2.45, 2.75) is 20.8 Å². The number of hydrogen-bond donors (Lipinski definition) is 0. The van der Waals surface area contributed by atoms with Crippen molar-refractivity contribution in [3.8, 4) is 11.5 Å². The molecule has 0 saturated carbocycles. The molecule has 1 rings (SSSR count). The average molecular weight is 328 g/mol. The summed E-state index contributed by atoms with van der Waals surface area (Å²) in [5.41, 5.74) is -0.192. The highest BCUT2D eigenvalue weighted by Gasteiger charge is 2.19. The second kappa shape index (κ2) is 8.23. The first-order valence-electron chi connectivity index (χ1n) is 6.71. The third kappa shape index (κ3) is 6.43. The molecule has 0 atom stereocenters. The van der Waals surface area contributed by atoms with E-state index < -0.39 is 12.1 Å². The first-order valence-corrected chi connectivity index (χ1v) is 6.71. The van der Waals surface area contributed by atoms with Gasteiger partial charge in [0.25, 0.3) is 0 Å². The number of carbonyl (C=O) groups excluding carboxylic acids is 2. The Kier molecular flexibility index (Phi) is 6.65. The summed E-state index contributed by atoms with van der Waals surface area (Å²) in [7, 11) is 2.83. The maximum absolute atomic E-state index is 11.9. The molecule has 0 fully saturated rings. The molecular weight excluding hydrogens is 308 g/mol. The van der Waals surface area contributed by atoms with Gasteiger partial charge in [-0.25, -0.2) is 14.5 Å². The minimum absolute atomic E-state index is 0.0403. The Balaban J connectivity index is 2.52. The molecule has 23 heavy (non-hydrogen) atoms. The molecule has 0 aliphatic rings. The lowest BCUT2D eigenvalue weighted by molar-refractivity contribution is -0.452. The van der Waals surface area contributed by atoms with Crippen molar-refractivity contribution in [2.24, 2.45) is 5.41 Å². The smallest absolute Gasteiger partial charge is 0.497 e. The molecule has 0 unspecified atom stereocenters. The third-order valence-electron chi connectivity index (χ3n) is 2.46. The van der Waals surface area contributed by atoms with Gasteiger partial charge in [0.1, 0.15) is 17.1 Å². The van der Waals surface area contributed by atoms with E-state index in [-0.39, 0.29) is 23.3 Å². The monoisotopic (exact) mass is 328 g/mol. The number of ether oxygens (including phenoxy) is 3. The zero-order valence-electron chi connectivity index (χ0n) is 13.7. The molecule has 0 aliphatic carbocycles. The van der Waals surface area contributed by atoms with E-state index in [4.69, 9.17) is 14.2 Å². The van der Waals surface area contributed by atoms with Crippen molar-refractivity contribution in [2.75, 3.05) is 20.8 Å². The lowest BCUT2D eigenvalue weighted by Crippen LogP contribution is -2.19. The highest BCUT2D eigenvalue weighted by molar-refractivity contribution is 5.92. The molecule has 8 nitrogen and oxygen atoms in total. The predicted molar refractivity (Wildman–Crippen MR) is 77.9 cm³/mol. The Bertz CT molecular complexity index is 547. The second-order valence-electron chi connectivity index (χ2n) is 5.69. The number of carbonyl (C=O) groups is 2. The van der Waals surface area contributed by atoms with Gasteiger partial charge in [-0.05, 0) is 23.6 Å². The van der Waals surface area contributed by atoms with Crippen LogP contribution in [0.15, 0.2) is 18.2 Å². The molecule has 1 aromatic carbocycles. The fraction of sp³-hybridized carbons (Fsp3) is 0.467. The minimum atomic E-state index is -1.12. The van der Waals surface area contributed by atoms with Crippen LogP contribution in [0.2, 0.25) is 0 Å². The SMILES string of the molecule is COc1ccc(OC)c(C(=O)OOOC(=O)OCC(C)(C)C)c1. The first-order chi connectivity index (χ1) is 10.8. The van der Waals surface area contributed by atoms with Crippen molar-refractivity contribution < 1.29 is 38.6 Å². The molecular formula is C15H20O8. The van der Waals surface area contributed by atoms with Gasteiger partial charge in [0.15, 0.2) is 0 Å². The van der Waals surface area contributed by atoms with E-state index in [0.29, 0.717) is 5.75 Å². The molecule has 0 radical (unpaired) electrons. The molecule has 0 aliphatic heterocycles. The zero-order valence-corrected chi connectivity index (χ0v) is 13.7. The van der Waals surface area contributed by atoms with E-state index in [1.165, 1.54) is 26.4 Å². The third-order valence-corrected chi connectivity index (χ3v) is 2.46. The van der Waals surface area contributed by atoms with Crippen LogP contribution in [0.1, 0.15) is 31.1 Å². The van der Waals surface area contributed by atoms with Crippen LogP contribution in [-0.4, -0.2) is 33.0 Å². The lowest BCUT2D eigenvalue weighted by Gasteiger charge is -2.16. The van der Waals surface area contributed by atoms with E-state index in [1.807, 2.05) is 20.8 Å². The topological polar surface area (TPSA) is 89.5 Å². The quantitative estimate of drug-likeness (QED) is 0.447. The summed E-state index contributed by atoms with van der Waals surface area (Å²) in [5.74, 6) is -0.262. The van der Waals surface area contributed by atoms with E-state index in [0.717, 1.165) is 0 Å². The van der Waals surface area contributed by atoms with E-state index in [2.05, 4.69) is 14.8 Å². The van der Waals surface area contributed by atoms with E-state index in [1.54, 1.807) is 6.07 Å². The first kappa shape index (κ1) is 18.6. The summed E-state index contributed by atoms with van der Waals surface area (Å²) >= 11 is 0. The molecule has 0 saturated heterocycles. The average Bonchev–Trinajstić information content (AvgIpc) is 2.51. The fourth-order valence-electron chi connectivity index (χ4n) is 1.39. The van der Waals surface area contributed by atoms with Gasteiger partial charge >= 0.3 is 12.1 Å². The van der Waals surface area contributed by atoms with Gasteiger partial charge in [-0.3, -0.25) is 4.89 Å². The van der Waals surface area contributed by atoms with Gasteiger partial charge in [-0.1, -0.05) is 20.8 Å². The largest absolute Gasteiger partial charge is 0.543 e. The molecule has 0 amide bonds. The van der Waals surface area contributed by atoms with Crippen LogP contribution in [0.25, 0.3) is 0 Å². The van der Waals surface area contributed by atoms with Gasteiger partial charge in [-0.15, -0.1) is 0 Å². The summed E-state index contributed by atoms with van der Waals surface area (Å²) in [6, 6.07) is 4.52. The van der Waals surface area contributed by atoms with Crippen LogP contribution in [0.3, 0.4) is 0 Å². The van der Waals surface area contributed by atoms with Crippen LogP contribution in [0.5, 0.6) is 11.5 Å². The van der Waals surface area contributed by atoms with Crippen molar-refractivity contribution in [3.63, 3.8) is 0 Å². The maximum atomic E-state index is 11.9. The summed E-state index contributed by atoms with van der Waals surface area (Å²) < 4.78 is 14.8. The van der Waals surface area contributed by atoms with Gasteiger partial charge < -0.3 is 14.2 Å². The molecule has 0 aromatic heterocycles. The standard InChI is InChI=1S/C15H20O8/c1-15(2,3)9-20-14(17)22-23-21-13(16)11-8-10(18-4)6-7-12(11)19-5/h6-8H,9H2,1-5H3. The Morgan fingerprint density at radius 3 is 2.30 bits per heavy atom. The molecule has 0 heterocycles. The van der Waals surface area contributed by atoms with Crippen molar-refractivity contribution in [1.82, 2.24) is 0 Å². The predicted octanol–water partition coefficient (Wildman–Crippen LogP) is 2.91. The Morgan fingerprint density at radius 1 is 1.04 bits per heavy atom. The molecule has 0 bridgehead atoms. The van der Waals surface area contributed by atoms with Gasteiger partial charge in [0.05, 0.1) is 25.9 Å². The summed E-state index contributed by atoms with van der Waals surface area (Å²) in [5, 5.41) is 4.13. The van der Waals surface area contributed by atoms with Crippen LogP contribution >= 0.6 is 0 Å². The Labute approximate surface area is 134 Å². The molecule has 0 spiro atoms. The molecule has 1 aromatic rings. The van der Waals surface area contributed by atoms with Crippen LogP contribution in [0, 0.1) is 5.41 Å². The summed E-state index contributed by atoms with van der Waals surface area (Å²) in [6.07, 6.45) is -1.12. The Hall–Kier alpha value is -2.48.